The summed E-state index contributed by atoms with van der Waals surface area (Å²) in [6.45, 7) is 4.22. The molecule has 2 aromatic rings. The summed E-state index contributed by atoms with van der Waals surface area (Å²) in [6.07, 6.45) is 9.00. The van der Waals surface area contributed by atoms with Gasteiger partial charge in [-0.15, -0.1) is 0 Å². The highest BCUT2D eigenvalue weighted by atomic mass is 16.1. The number of anilines is 1. The van der Waals surface area contributed by atoms with Crippen LogP contribution in [0.4, 0.5) is 5.69 Å². The Morgan fingerprint density at radius 1 is 1.17 bits per heavy atom. The Bertz CT molecular complexity index is 717. The molecule has 1 aromatic carbocycles. The fraction of sp³-hybridized carbons (Fsp3) is 0.524. The van der Waals surface area contributed by atoms with Crippen molar-refractivity contribution in [3.8, 4) is 0 Å². The molecule has 3 nitrogen and oxygen atoms in total. The number of benzene rings is 1. The lowest BCUT2D eigenvalue weighted by atomic mass is 9.87. The summed E-state index contributed by atoms with van der Waals surface area (Å²) < 4.78 is 0. The number of carbonyl (C=O) groups is 1. The van der Waals surface area contributed by atoms with Crippen LogP contribution in [0.15, 0.2) is 24.3 Å². The lowest BCUT2D eigenvalue weighted by molar-refractivity contribution is -0.117. The van der Waals surface area contributed by atoms with Gasteiger partial charge in [0.1, 0.15) is 0 Å². The molecule has 0 atom stereocenters. The molecule has 3 rings (SSSR count). The zero-order valence-corrected chi connectivity index (χ0v) is 14.9. The number of carbonyl (C=O) groups excluding carboxylic acids is 1. The molecule has 0 spiro atoms. The number of pyridine rings is 1. The van der Waals surface area contributed by atoms with Gasteiger partial charge in [-0.25, -0.2) is 0 Å². The molecule has 0 saturated heterocycles. The van der Waals surface area contributed by atoms with E-state index < -0.39 is 0 Å². The van der Waals surface area contributed by atoms with Crippen molar-refractivity contribution in [2.45, 2.75) is 65.2 Å². The van der Waals surface area contributed by atoms with E-state index in [0.29, 0.717) is 12.3 Å². The molecule has 1 aliphatic rings. The van der Waals surface area contributed by atoms with Gasteiger partial charge in [-0.1, -0.05) is 38.7 Å². The average molecular weight is 324 g/mol. The van der Waals surface area contributed by atoms with Gasteiger partial charge < -0.3 is 5.32 Å². The van der Waals surface area contributed by atoms with E-state index in [1.54, 1.807) is 0 Å². The number of fused-ring (bicyclic) bond motifs is 1. The Labute approximate surface area is 144 Å². The third kappa shape index (κ3) is 3.95. The van der Waals surface area contributed by atoms with E-state index in [-0.39, 0.29) is 5.91 Å². The Morgan fingerprint density at radius 3 is 2.71 bits per heavy atom. The van der Waals surface area contributed by atoms with Crippen molar-refractivity contribution in [1.82, 2.24) is 4.98 Å². The molecule has 24 heavy (non-hydrogen) atoms. The molecular formula is C21H28N2O. The van der Waals surface area contributed by atoms with Crippen LogP contribution in [-0.2, 0) is 11.2 Å². The van der Waals surface area contributed by atoms with Crippen molar-refractivity contribution in [1.29, 1.82) is 0 Å². The molecule has 1 aromatic heterocycles. The van der Waals surface area contributed by atoms with Crippen LogP contribution in [0.5, 0.6) is 0 Å². The predicted octanol–water partition coefficient (Wildman–Crippen LogP) is 5.40. The van der Waals surface area contributed by atoms with Crippen LogP contribution in [0, 0.1) is 12.8 Å². The number of hydrogen-bond acceptors (Lipinski definition) is 2. The summed E-state index contributed by atoms with van der Waals surface area (Å²) in [6, 6.07) is 8.31. The molecule has 0 unspecified atom stereocenters. The van der Waals surface area contributed by atoms with Gasteiger partial charge in [0, 0.05) is 17.5 Å². The first-order chi connectivity index (χ1) is 11.7. The first-order valence-corrected chi connectivity index (χ1v) is 9.36. The minimum atomic E-state index is 0.148. The van der Waals surface area contributed by atoms with E-state index in [4.69, 9.17) is 4.98 Å². The van der Waals surface area contributed by atoms with Crippen LogP contribution in [0.25, 0.3) is 10.9 Å². The van der Waals surface area contributed by atoms with Crippen molar-refractivity contribution in [3.63, 3.8) is 0 Å². The largest absolute Gasteiger partial charge is 0.325 e. The highest BCUT2D eigenvalue weighted by Gasteiger charge is 2.18. The first kappa shape index (κ1) is 16.9. The van der Waals surface area contributed by atoms with Gasteiger partial charge in [0.25, 0.3) is 0 Å². The highest BCUT2D eigenvalue weighted by Crippen LogP contribution is 2.29. The van der Waals surface area contributed by atoms with Crippen molar-refractivity contribution >= 4 is 22.5 Å². The highest BCUT2D eigenvalue weighted by molar-refractivity contribution is 6.02. The zero-order chi connectivity index (χ0) is 16.9. The van der Waals surface area contributed by atoms with Crippen LogP contribution in [0.2, 0.25) is 0 Å². The SMILES string of the molecule is CCCc1ccc2c(NC(=O)CC3CCCCC3)c(C)ccc2n1. The van der Waals surface area contributed by atoms with E-state index in [1.807, 2.05) is 0 Å². The maximum atomic E-state index is 12.5. The van der Waals surface area contributed by atoms with Crippen molar-refractivity contribution in [2.75, 3.05) is 5.32 Å². The second kappa shape index (κ2) is 7.78. The topological polar surface area (TPSA) is 42.0 Å². The third-order valence-electron chi connectivity index (χ3n) is 5.11. The average Bonchev–Trinajstić information content (AvgIpc) is 2.59. The van der Waals surface area contributed by atoms with Gasteiger partial charge in [0.05, 0.1) is 11.2 Å². The summed E-state index contributed by atoms with van der Waals surface area (Å²) >= 11 is 0. The lowest BCUT2D eigenvalue weighted by Crippen LogP contribution is -2.19. The first-order valence-electron chi connectivity index (χ1n) is 9.36. The summed E-state index contributed by atoms with van der Waals surface area (Å²) in [7, 11) is 0. The Kier molecular flexibility index (Phi) is 5.49. The molecule has 1 N–H and O–H groups in total. The number of rotatable bonds is 5. The van der Waals surface area contributed by atoms with Gasteiger partial charge in [-0.05, 0) is 55.9 Å². The molecule has 1 aliphatic carbocycles. The van der Waals surface area contributed by atoms with Crippen LogP contribution in [0.1, 0.15) is 63.1 Å². The van der Waals surface area contributed by atoms with E-state index in [9.17, 15) is 4.79 Å². The molecule has 3 heteroatoms. The summed E-state index contributed by atoms with van der Waals surface area (Å²) in [5.41, 5.74) is 4.13. The Morgan fingerprint density at radius 2 is 1.96 bits per heavy atom. The van der Waals surface area contributed by atoms with Crippen LogP contribution < -0.4 is 5.32 Å². The molecule has 1 heterocycles. The number of amides is 1. The number of aryl methyl sites for hydroxylation is 2. The fourth-order valence-corrected chi connectivity index (χ4v) is 3.76. The molecule has 0 aliphatic heterocycles. The van der Waals surface area contributed by atoms with Crippen LogP contribution in [0.3, 0.4) is 0 Å². The molecule has 1 saturated carbocycles. The van der Waals surface area contributed by atoms with Gasteiger partial charge in [0.15, 0.2) is 0 Å². The maximum absolute atomic E-state index is 12.5. The summed E-state index contributed by atoms with van der Waals surface area (Å²) in [5, 5.41) is 4.22. The van der Waals surface area contributed by atoms with Crippen LogP contribution >= 0.6 is 0 Å². The number of nitrogens with one attached hydrogen (secondary N) is 1. The monoisotopic (exact) mass is 324 g/mol. The third-order valence-corrected chi connectivity index (χ3v) is 5.11. The summed E-state index contributed by atoms with van der Waals surface area (Å²) in [5.74, 6) is 0.707. The smallest absolute Gasteiger partial charge is 0.224 e. The van der Waals surface area contributed by atoms with E-state index in [2.05, 4.69) is 43.4 Å². The molecule has 128 valence electrons. The normalized spacial score (nSPS) is 15.6. The van der Waals surface area contributed by atoms with Crippen molar-refractivity contribution in [3.05, 3.63) is 35.5 Å². The molecular weight excluding hydrogens is 296 g/mol. The van der Waals surface area contributed by atoms with E-state index >= 15 is 0 Å². The number of hydrogen-bond donors (Lipinski definition) is 1. The standard InChI is InChI=1S/C21H28N2O/c1-3-7-17-11-12-18-19(22-17)13-10-15(2)21(18)23-20(24)14-16-8-5-4-6-9-16/h10-13,16H,3-9,14H2,1-2H3,(H,23,24). The fourth-order valence-electron chi connectivity index (χ4n) is 3.76. The van der Waals surface area contributed by atoms with Crippen molar-refractivity contribution < 1.29 is 4.79 Å². The van der Waals surface area contributed by atoms with Gasteiger partial charge in [0.2, 0.25) is 5.91 Å². The zero-order valence-electron chi connectivity index (χ0n) is 14.9. The van der Waals surface area contributed by atoms with Gasteiger partial charge >= 0.3 is 0 Å². The lowest BCUT2D eigenvalue weighted by Gasteiger charge is -2.21. The maximum Gasteiger partial charge on any atom is 0.224 e. The Hall–Kier alpha value is -1.90. The van der Waals surface area contributed by atoms with E-state index in [1.165, 1.54) is 32.1 Å². The number of aromatic nitrogens is 1. The molecule has 0 radical (unpaired) electrons. The Balaban J connectivity index is 1.79. The second-order valence-electron chi connectivity index (χ2n) is 7.13. The van der Waals surface area contributed by atoms with Gasteiger partial charge in [-0.3, -0.25) is 9.78 Å². The molecule has 1 fully saturated rings. The second-order valence-corrected chi connectivity index (χ2v) is 7.13. The molecule has 0 bridgehead atoms. The minimum absolute atomic E-state index is 0.148. The van der Waals surface area contributed by atoms with Crippen LogP contribution in [-0.4, -0.2) is 10.9 Å². The quantitative estimate of drug-likeness (QED) is 0.799. The van der Waals surface area contributed by atoms with Crippen molar-refractivity contribution in [2.24, 2.45) is 5.92 Å². The van der Waals surface area contributed by atoms with Gasteiger partial charge in [-0.2, -0.15) is 0 Å². The van der Waals surface area contributed by atoms with E-state index in [0.717, 1.165) is 40.7 Å². The molecule has 1 amide bonds. The predicted molar refractivity (Wildman–Crippen MR) is 100 cm³/mol. The minimum Gasteiger partial charge on any atom is -0.325 e. The summed E-state index contributed by atoms with van der Waals surface area (Å²) in [4.78, 5) is 17.3. The number of nitrogens with zero attached hydrogens (tertiary/aromatic N) is 1.